The molecule has 4 nitrogen and oxygen atoms in total. The van der Waals surface area contributed by atoms with E-state index in [1.54, 1.807) is 12.1 Å². The Balaban J connectivity index is 1.98. The molecule has 0 unspecified atom stereocenters. The molecular weight excluding hydrogens is 276 g/mol. The van der Waals surface area contributed by atoms with E-state index in [-0.39, 0.29) is 22.1 Å². The lowest BCUT2D eigenvalue weighted by Crippen LogP contribution is -2.36. The van der Waals surface area contributed by atoms with Gasteiger partial charge in [0.25, 0.3) is 0 Å². The van der Waals surface area contributed by atoms with E-state index in [0.717, 1.165) is 25.7 Å². The highest BCUT2D eigenvalue weighted by molar-refractivity contribution is 6.32. The van der Waals surface area contributed by atoms with Crippen molar-refractivity contribution in [2.75, 3.05) is 11.9 Å². The van der Waals surface area contributed by atoms with Crippen LogP contribution in [0.4, 0.5) is 5.69 Å². The molecule has 1 aliphatic rings. The van der Waals surface area contributed by atoms with Crippen LogP contribution in [0.1, 0.15) is 38.5 Å². The maximum atomic E-state index is 12.2. The third-order valence-electron chi connectivity index (χ3n) is 4.11. The van der Waals surface area contributed by atoms with Crippen LogP contribution in [0.3, 0.4) is 0 Å². The van der Waals surface area contributed by atoms with Gasteiger partial charge in [-0.2, -0.15) is 0 Å². The summed E-state index contributed by atoms with van der Waals surface area (Å²) >= 11 is 5.82. The summed E-state index contributed by atoms with van der Waals surface area (Å²) in [6, 6.07) is 4.65. The number of rotatable bonds is 4. The van der Waals surface area contributed by atoms with Crippen molar-refractivity contribution in [3.8, 4) is 5.75 Å². The molecule has 0 aromatic heterocycles. The van der Waals surface area contributed by atoms with Gasteiger partial charge in [0.1, 0.15) is 5.75 Å². The fourth-order valence-electron chi connectivity index (χ4n) is 2.89. The number of carbonyl (C=O) groups is 1. The van der Waals surface area contributed by atoms with Gasteiger partial charge in [0.2, 0.25) is 5.91 Å². The monoisotopic (exact) mass is 296 g/mol. The van der Waals surface area contributed by atoms with E-state index in [0.29, 0.717) is 18.7 Å². The fourth-order valence-corrected chi connectivity index (χ4v) is 3.07. The molecule has 0 saturated heterocycles. The molecule has 1 fully saturated rings. The van der Waals surface area contributed by atoms with Crippen LogP contribution in [0, 0.1) is 5.41 Å². The largest absolute Gasteiger partial charge is 0.506 e. The van der Waals surface area contributed by atoms with Crippen LogP contribution in [0.2, 0.25) is 5.02 Å². The van der Waals surface area contributed by atoms with E-state index < -0.39 is 0 Å². The van der Waals surface area contributed by atoms with Gasteiger partial charge in [-0.15, -0.1) is 0 Å². The number of nitrogens with two attached hydrogens (primary N) is 1. The predicted octanol–water partition coefficient (Wildman–Crippen LogP) is 3.28. The van der Waals surface area contributed by atoms with Crippen LogP contribution in [0.25, 0.3) is 0 Å². The molecular formula is C15H21ClN2O2. The first kappa shape index (κ1) is 15.1. The molecule has 0 bridgehead atoms. The number of halogens is 1. The topological polar surface area (TPSA) is 75.4 Å². The van der Waals surface area contributed by atoms with Crippen molar-refractivity contribution in [2.45, 2.75) is 38.5 Å². The Morgan fingerprint density at radius 3 is 2.65 bits per heavy atom. The zero-order valence-corrected chi connectivity index (χ0v) is 12.2. The van der Waals surface area contributed by atoms with Gasteiger partial charge in [0, 0.05) is 12.1 Å². The first-order valence-corrected chi connectivity index (χ1v) is 7.41. The quantitative estimate of drug-likeness (QED) is 0.746. The van der Waals surface area contributed by atoms with Gasteiger partial charge in [0.05, 0.1) is 5.02 Å². The molecule has 20 heavy (non-hydrogen) atoms. The molecule has 5 heteroatoms. The molecule has 1 aliphatic carbocycles. The van der Waals surface area contributed by atoms with Gasteiger partial charge in [-0.05, 0) is 43.0 Å². The summed E-state index contributed by atoms with van der Waals surface area (Å²) in [7, 11) is 0. The van der Waals surface area contributed by atoms with Crippen molar-refractivity contribution in [1.82, 2.24) is 0 Å². The summed E-state index contributed by atoms with van der Waals surface area (Å²) in [5.74, 6) is -0.0329. The van der Waals surface area contributed by atoms with Gasteiger partial charge in [-0.25, -0.2) is 0 Å². The lowest BCUT2D eigenvalue weighted by Gasteiger charge is -2.35. The zero-order valence-electron chi connectivity index (χ0n) is 11.5. The second-order valence-electron chi connectivity index (χ2n) is 5.66. The minimum absolute atomic E-state index is 0.00961. The lowest BCUT2D eigenvalue weighted by molar-refractivity contribution is -0.118. The molecule has 0 radical (unpaired) electrons. The Hall–Kier alpha value is -1.26. The number of amides is 1. The van der Waals surface area contributed by atoms with Crippen molar-refractivity contribution in [3.63, 3.8) is 0 Å². The third-order valence-corrected chi connectivity index (χ3v) is 4.42. The number of hydrogen-bond donors (Lipinski definition) is 3. The minimum atomic E-state index is -0.0525. The average molecular weight is 297 g/mol. The SMILES string of the molecule is NCC1(CC(=O)Nc2ccc(O)c(Cl)c2)CCCCC1. The van der Waals surface area contributed by atoms with Gasteiger partial charge in [0.15, 0.2) is 0 Å². The maximum Gasteiger partial charge on any atom is 0.224 e. The van der Waals surface area contributed by atoms with Crippen LogP contribution in [0.5, 0.6) is 5.75 Å². The van der Waals surface area contributed by atoms with E-state index in [9.17, 15) is 9.90 Å². The number of nitrogens with one attached hydrogen (secondary N) is 1. The maximum absolute atomic E-state index is 12.2. The van der Waals surface area contributed by atoms with Gasteiger partial charge >= 0.3 is 0 Å². The number of benzene rings is 1. The van der Waals surface area contributed by atoms with E-state index >= 15 is 0 Å². The Kier molecular flexibility index (Phi) is 4.89. The zero-order chi connectivity index (χ0) is 14.6. The fraction of sp³-hybridized carbons (Fsp3) is 0.533. The van der Waals surface area contributed by atoms with E-state index in [4.69, 9.17) is 17.3 Å². The lowest BCUT2D eigenvalue weighted by atomic mass is 9.71. The van der Waals surface area contributed by atoms with Crippen molar-refractivity contribution < 1.29 is 9.90 Å². The number of anilines is 1. The standard InChI is InChI=1S/C15H21ClN2O2/c16-12-8-11(4-5-13(12)19)18-14(20)9-15(10-17)6-2-1-3-7-15/h4-5,8,19H,1-3,6-7,9-10,17H2,(H,18,20). The second-order valence-corrected chi connectivity index (χ2v) is 6.06. The highest BCUT2D eigenvalue weighted by Crippen LogP contribution is 2.38. The highest BCUT2D eigenvalue weighted by atomic mass is 35.5. The summed E-state index contributed by atoms with van der Waals surface area (Å²) in [4.78, 5) is 12.2. The molecule has 1 aromatic carbocycles. The van der Waals surface area contributed by atoms with Crippen LogP contribution in [-0.2, 0) is 4.79 Å². The summed E-state index contributed by atoms with van der Waals surface area (Å²) in [6.45, 7) is 0.552. The normalized spacial score (nSPS) is 17.7. The summed E-state index contributed by atoms with van der Waals surface area (Å²) in [5.41, 5.74) is 6.44. The van der Waals surface area contributed by atoms with Gasteiger partial charge < -0.3 is 16.2 Å². The van der Waals surface area contributed by atoms with E-state index in [1.807, 2.05) is 0 Å². The first-order chi connectivity index (χ1) is 9.54. The van der Waals surface area contributed by atoms with Crippen LogP contribution >= 0.6 is 11.6 Å². The van der Waals surface area contributed by atoms with E-state index in [1.165, 1.54) is 12.5 Å². The summed E-state index contributed by atoms with van der Waals surface area (Å²) in [5, 5.41) is 12.4. The predicted molar refractivity (Wildman–Crippen MR) is 80.9 cm³/mol. The van der Waals surface area contributed by atoms with Crippen LogP contribution in [-0.4, -0.2) is 17.6 Å². The molecule has 1 aromatic rings. The molecule has 1 amide bonds. The van der Waals surface area contributed by atoms with Crippen LogP contribution < -0.4 is 11.1 Å². The molecule has 0 spiro atoms. The molecule has 4 N–H and O–H groups in total. The first-order valence-electron chi connectivity index (χ1n) is 7.03. The second kappa shape index (κ2) is 6.46. The Labute approximate surface area is 124 Å². The van der Waals surface area contributed by atoms with Crippen molar-refractivity contribution in [1.29, 1.82) is 0 Å². The van der Waals surface area contributed by atoms with Crippen LogP contribution in [0.15, 0.2) is 18.2 Å². The summed E-state index contributed by atoms with van der Waals surface area (Å²) in [6.07, 6.45) is 6.02. The molecule has 0 aliphatic heterocycles. The van der Waals surface area contributed by atoms with Gasteiger partial charge in [-0.1, -0.05) is 30.9 Å². The summed E-state index contributed by atoms with van der Waals surface area (Å²) < 4.78 is 0. The number of aromatic hydroxyl groups is 1. The van der Waals surface area contributed by atoms with E-state index in [2.05, 4.69) is 5.32 Å². The number of phenolic OH excluding ortho intramolecular Hbond substituents is 1. The Morgan fingerprint density at radius 1 is 1.35 bits per heavy atom. The molecule has 1 saturated carbocycles. The Bertz CT molecular complexity index is 485. The van der Waals surface area contributed by atoms with Crippen molar-refractivity contribution in [3.05, 3.63) is 23.2 Å². The molecule has 2 rings (SSSR count). The van der Waals surface area contributed by atoms with Gasteiger partial charge in [-0.3, -0.25) is 4.79 Å². The van der Waals surface area contributed by atoms with Crippen molar-refractivity contribution in [2.24, 2.45) is 11.1 Å². The van der Waals surface area contributed by atoms with Crippen molar-refractivity contribution >= 4 is 23.2 Å². The Morgan fingerprint density at radius 2 is 2.05 bits per heavy atom. The average Bonchev–Trinajstić information content (AvgIpc) is 2.44. The molecule has 0 atom stereocenters. The number of phenols is 1. The smallest absolute Gasteiger partial charge is 0.224 e. The highest BCUT2D eigenvalue weighted by Gasteiger charge is 2.32. The third kappa shape index (κ3) is 3.64. The minimum Gasteiger partial charge on any atom is -0.506 e. The molecule has 110 valence electrons. The molecule has 0 heterocycles. The number of carbonyl (C=O) groups excluding carboxylic acids is 1. The number of hydrogen-bond acceptors (Lipinski definition) is 3.